The van der Waals surface area contributed by atoms with Crippen molar-refractivity contribution in [3.8, 4) is 0 Å². The minimum atomic E-state index is -0.0242. The molecule has 1 N–H and O–H groups in total. The number of para-hydroxylation sites is 1. The summed E-state index contributed by atoms with van der Waals surface area (Å²) in [6, 6.07) is 12.1. The Balaban J connectivity index is 1.50. The van der Waals surface area contributed by atoms with Crippen molar-refractivity contribution in [2.45, 2.75) is 31.8 Å². The lowest BCUT2D eigenvalue weighted by Gasteiger charge is -2.35. The number of amides is 2. The van der Waals surface area contributed by atoms with Crippen molar-refractivity contribution in [3.05, 3.63) is 60.0 Å². The average molecular weight is 349 g/mol. The SMILES string of the molecule is Cn1nccc1C1CCCCN1C(=O)NCc1cccc2cccnc12. The molecule has 3 aromatic rings. The van der Waals surface area contributed by atoms with E-state index in [1.165, 1.54) is 0 Å². The molecule has 1 aliphatic rings. The Morgan fingerprint density at radius 1 is 1.19 bits per heavy atom. The summed E-state index contributed by atoms with van der Waals surface area (Å²) in [5, 5.41) is 8.44. The van der Waals surface area contributed by atoms with Gasteiger partial charge in [-0.2, -0.15) is 5.10 Å². The van der Waals surface area contributed by atoms with Crippen molar-refractivity contribution in [2.75, 3.05) is 6.54 Å². The molecule has 2 aromatic heterocycles. The second-order valence-corrected chi connectivity index (χ2v) is 6.74. The van der Waals surface area contributed by atoms with Crippen LogP contribution in [-0.4, -0.2) is 32.2 Å². The second-order valence-electron chi connectivity index (χ2n) is 6.74. The van der Waals surface area contributed by atoms with Gasteiger partial charge in [-0.25, -0.2) is 4.79 Å². The van der Waals surface area contributed by atoms with Gasteiger partial charge in [0, 0.05) is 37.9 Å². The van der Waals surface area contributed by atoms with Gasteiger partial charge < -0.3 is 10.2 Å². The molecular formula is C20H23N5O. The molecule has 134 valence electrons. The zero-order valence-corrected chi connectivity index (χ0v) is 14.9. The summed E-state index contributed by atoms with van der Waals surface area (Å²) in [5.41, 5.74) is 3.06. The average Bonchev–Trinajstić information content (AvgIpc) is 3.12. The Morgan fingerprint density at radius 2 is 2.08 bits per heavy atom. The van der Waals surface area contributed by atoms with Gasteiger partial charge in [0.25, 0.3) is 0 Å². The van der Waals surface area contributed by atoms with Crippen LogP contribution in [0.2, 0.25) is 0 Å². The van der Waals surface area contributed by atoms with Gasteiger partial charge in [-0.1, -0.05) is 24.3 Å². The highest BCUT2D eigenvalue weighted by molar-refractivity contribution is 5.82. The maximum atomic E-state index is 12.9. The number of rotatable bonds is 3. The molecule has 2 amide bonds. The highest BCUT2D eigenvalue weighted by atomic mass is 16.2. The first-order chi connectivity index (χ1) is 12.7. The smallest absolute Gasteiger partial charge is 0.318 e. The van der Waals surface area contributed by atoms with E-state index in [4.69, 9.17) is 0 Å². The van der Waals surface area contributed by atoms with Crippen LogP contribution in [0.15, 0.2) is 48.8 Å². The molecule has 26 heavy (non-hydrogen) atoms. The summed E-state index contributed by atoms with van der Waals surface area (Å²) in [5.74, 6) is 0. The first-order valence-electron chi connectivity index (χ1n) is 9.09. The van der Waals surface area contributed by atoms with Gasteiger partial charge in [-0.3, -0.25) is 9.67 Å². The first kappa shape index (κ1) is 16.6. The van der Waals surface area contributed by atoms with Gasteiger partial charge in [0.2, 0.25) is 0 Å². The molecule has 0 bridgehead atoms. The largest absolute Gasteiger partial charge is 0.334 e. The number of nitrogens with zero attached hydrogens (tertiary/aromatic N) is 4. The molecule has 1 aromatic carbocycles. The molecule has 1 aliphatic heterocycles. The van der Waals surface area contributed by atoms with Crippen LogP contribution in [0.4, 0.5) is 4.79 Å². The van der Waals surface area contributed by atoms with Crippen LogP contribution in [0.1, 0.15) is 36.6 Å². The molecule has 1 saturated heterocycles. The third kappa shape index (κ3) is 3.14. The number of piperidine rings is 1. The van der Waals surface area contributed by atoms with Crippen LogP contribution in [0.3, 0.4) is 0 Å². The third-order valence-corrected chi connectivity index (χ3v) is 5.11. The number of urea groups is 1. The maximum Gasteiger partial charge on any atom is 0.318 e. The van der Waals surface area contributed by atoms with Gasteiger partial charge in [-0.15, -0.1) is 0 Å². The molecule has 1 unspecified atom stereocenters. The van der Waals surface area contributed by atoms with Crippen LogP contribution < -0.4 is 5.32 Å². The zero-order valence-electron chi connectivity index (χ0n) is 14.9. The Bertz CT molecular complexity index is 914. The normalized spacial score (nSPS) is 17.4. The van der Waals surface area contributed by atoms with Gasteiger partial charge in [0.1, 0.15) is 0 Å². The minimum Gasteiger partial charge on any atom is -0.334 e. The van der Waals surface area contributed by atoms with Crippen molar-refractivity contribution in [2.24, 2.45) is 7.05 Å². The summed E-state index contributed by atoms with van der Waals surface area (Å²) >= 11 is 0. The second kappa shape index (κ2) is 7.15. The lowest BCUT2D eigenvalue weighted by molar-refractivity contribution is 0.147. The number of fused-ring (bicyclic) bond motifs is 1. The molecule has 0 saturated carbocycles. The van der Waals surface area contributed by atoms with Gasteiger partial charge in [-0.05, 0) is 37.0 Å². The summed E-state index contributed by atoms with van der Waals surface area (Å²) in [7, 11) is 1.93. The Hall–Kier alpha value is -2.89. The Kier molecular flexibility index (Phi) is 4.56. The van der Waals surface area contributed by atoms with Crippen LogP contribution in [0, 0.1) is 0 Å². The molecule has 6 nitrogen and oxygen atoms in total. The van der Waals surface area contributed by atoms with Crippen LogP contribution in [0.5, 0.6) is 0 Å². The van der Waals surface area contributed by atoms with Crippen LogP contribution >= 0.6 is 0 Å². The number of carbonyl (C=O) groups is 1. The van der Waals surface area contributed by atoms with Gasteiger partial charge >= 0.3 is 6.03 Å². The predicted octanol–water partition coefficient (Wildman–Crippen LogP) is 3.41. The fourth-order valence-corrected chi connectivity index (χ4v) is 3.78. The van der Waals surface area contributed by atoms with Crippen LogP contribution in [-0.2, 0) is 13.6 Å². The van der Waals surface area contributed by atoms with E-state index >= 15 is 0 Å². The number of aryl methyl sites for hydroxylation is 1. The summed E-state index contributed by atoms with van der Waals surface area (Å²) in [6.45, 7) is 1.25. The van der Waals surface area contributed by atoms with E-state index in [-0.39, 0.29) is 12.1 Å². The lowest BCUT2D eigenvalue weighted by Crippen LogP contribution is -2.44. The Labute approximate surface area is 152 Å². The number of benzene rings is 1. The Morgan fingerprint density at radius 3 is 2.92 bits per heavy atom. The summed E-state index contributed by atoms with van der Waals surface area (Å²) in [4.78, 5) is 19.3. The molecular weight excluding hydrogens is 326 g/mol. The van der Waals surface area contributed by atoms with Crippen molar-refractivity contribution in [1.82, 2.24) is 25.0 Å². The number of hydrogen-bond acceptors (Lipinski definition) is 3. The van der Waals surface area contributed by atoms with Crippen molar-refractivity contribution >= 4 is 16.9 Å². The number of pyridine rings is 1. The minimum absolute atomic E-state index is 0.0242. The van der Waals surface area contributed by atoms with E-state index < -0.39 is 0 Å². The van der Waals surface area contributed by atoms with Crippen molar-refractivity contribution < 1.29 is 4.79 Å². The van der Waals surface area contributed by atoms with E-state index in [1.807, 2.05) is 53.0 Å². The monoisotopic (exact) mass is 349 g/mol. The topological polar surface area (TPSA) is 63.1 Å². The predicted molar refractivity (Wildman–Crippen MR) is 100 cm³/mol. The molecule has 1 atom stereocenters. The zero-order chi connectivity index (χ0) is 17.9. The quantitative estimate of drug-likeness (QED) is 0.788. The fourth-order valence-electron chi connectivity index (χ4n) is 3.78. The van der Waals surface area contributed by atoms with Gasteiger partial charge in [0.15, 0.2) is 0 Å². The van der Waals surface area contributed by atoms with E-state index in [1.54, 1.807) is 12.4 Å². The molecule has 6 heteroatoms. The molecule has 1 fully saturated rings. The lowest BCUT2D eigenvalue weighted by atomic mass is 9.99. The number of nitrogens with one attached hydrogen (secondary N) is 1. The third-order valence-electron chi connectivity index (χ3n) is 5.11. The molecule has 4 rings (SSSR count). The first-order valence-corrected chi connectivity index (χ1v) is 9.09. The fraction of sp³-hybridized carbons (Fsp3) is 0.350. The molecule has 0 aliphatic carbocycles. The highest BCUT2D eigenvalue weighted by Gasteiger charge is 2.29. The molecule has 3 heterocycles. The summed E-state index contributed by atoms with van der Waals surface area (Å²) < 4.78 is 1.87. The number of aromatic nitrogens is 3. The maximum absolute atomic E-state index is 12.9. The molecule has 0 radical (unpaired) electrons. The highest BCUT2D eigenvalue weighted by Crippen LogP contribution is 2.30. The van der Waals surface area contributed by atoms with Crippen molar-refractivity contribution in [3.63, 3.8) is 0 Å². The molecule has 0 spiro atoms. The van der Waals surface area contributed by atoms with Crippen LogP contribution in [0.25, 0.3) is 10.9 Å². The van der Waals surface area contributed by atoms with E-state index in [2.05, 4.69) is 15.4 Å². The van der Waals surface area contributed by atoms with E-state index in [0.717, 1.165) is 48.0 Å². The van der Waals surface area contributed by atoms with E-state index in [0.29, 0.717) is 6.54 Å². The number of carbonyl (C=O) groups excluding carboxylic acids is 1. The number of likely N-dealkylation sites (tertiary alicyclic amines) is 1. The van der Waals surface area contributed by atoms with Gasteiger partial charge in [0.05, 0.1) is 17.3 Å². The van der Waals surface area contributed by atoms with Crippen molar-refractivity contribution in [1.29, 1.82) is 0 Å². The standard InChI is InChI=1S/C20H23N5O/c1-24-17(10-12-23-24)18-9-2-3-13-25(18)20(26)22-14-16-7-4-6-15-8-5-11-21-19(15)16/h4-8,10-12,18H,2-3,9,13-14H2,1H3,(H,22,26). The van der Waals surface area contributed by atoms with E-state index in [9.17, 15) is 4.79 Å². The number of hydrogen-bond donors (Lipinski definition) is 1. The summed E-state index contributed by atoms with van der Waals surface area (Å²) in [6.07, 6.45) is 6.73.